The number of rotatable bonds is 5. The number of carboxylic acid groups (broad SMARTS) is 1. The van der Waals surface area contributed by atoms with Crippen molar-refractivity contribution in [3.8, 4) is 0 Å². The lowest BCUT2D eigenvalue weighted by Crippen LogP contribution is -2.16. The van der Waals surface area contributed by atoms with Gasteiger partial charge in [-0.3, -0.25) is 0 Å². The zero-order valence-electron chi connectivity index (χ0n) is 10.3. The van der Waals surface area contributed by atoms with Gasteiger partial charge in [-0.05, 0) is 26.3 Å². The minimum atomic E-state index is -0.869. The Morgan fingerprint density at radius 3 is 2.56 bits per heavy atom. The summed E-state index contributed by atoms with van der Waals surface area (Å²) in [7, 11) is 1.66. The van der Waals surface area contributed by atoms with Gasteiger partial charge in [-0.1, -0.05) is 6.92 Å². The first-order valence-electron chi connectivity index (χ1n) is 5.43. The second-order valence-electron chi connectivity index (χ2n) is 3.98. The van der Waals surface area contributed by atoms with Crippen LogP contribution in [0, 0.1) is 13.8 Å². The lowest BCUT2D eigenvalue weighted by molar-refractivity contribution is 0.0695. The topological polar surface area (TPSA) is 51.5 Å². The molecule has 90 valence electrons. The fraction of sp³-hybridized carbons (Fsp3) is 0.583. The number of hydrogen-bond donors (Lipinski definition) is 1. The SMILES string of the molecule is CCC(COC)n1c(C)cc(C(=O)O)c1C. The van der Waals surface area contributed by atoms with Crippen LogP contribution in [0.5, 0.6) is 0 Å². The number of ether oxygens (including phenoxy) is 1. The molecule has 1 N–H and O–H groups in total. The van der Waals surface area contributed by atoms with Gasteiger partial charge in [-0.2, -0.15) is 0 Å². The Bertz CT molecular complexity index is 382. The highest BCUT2D eigenvalue weighted by atomic mass is 16.5. The average Bonchev–Trinajstić information content (AvgIpc) is 2.52. The highest BCUT2D eigenvalue weighted by Crippen LogP contribution is 2.22. The maximum Gasteiger partial charge on any atom is 0.337 e. The summed E-state index contributed by atoms with van der Waals surface area (Å²) >= 11 is 0. The Labute approximate surface area is 95.8 Å². The van der Waals surface area contributed by atoms with Crippen LogP contribution in [0.3, 0.4) is 0 Å². The molecule has 0 fully saturated rings. The Kier molecular flexibility index (Phi) is 4.12. The molecule has 0 aliphatic carbocycles. The number of methoxy groups -OCH3 is 1. The summed E-state index contributed by atoms with van der Waals surface area (Å²) in [6.07, 6.45) is 0.920. The normalized spacial score (nSPS) is 12.8. The van der Waals surface area contributed by atoms with E-state index in [1.165, 1.54) is 0 Å². The third-order valence-electron chi connectivity index (χ3n) is 2.91. The molecule has 1 unspecified atom stereocenters. The highest BCUT2D eigenvalue weighted by molar-refractivity contribution is 5.89. The molecule has 0 spiro atoms. The predicted octanol–water partition coefficient (Wildman–Crippen LogP) is 2.40. The van der Waals surface area contributed by atoms with E-state index in [2.05, 4.69) is 6.92 Å². The summed E-state index contributed by atoms with van der Waals surface area (Å²) < 4.78 is 7.21. The van der Waals surface area contributed by atoms with E-state index in [1.54, 1.807) is 13.2 Å². The number of hydrogen-bond acceptors (Lipinski definition) is 2. The molecule has 1 atom stereocenters. The van der Waals surface area contributed by atoms with E-state index in [4.69, 9.17) is 9.84 Å². The molecular formula is C12H19NO3. The maximum atomic E-state index is 11.0. The van der Waals surface area contributed by atoms with Gasteiger partial charge in [0, 0.05) is 18.5 Å². The smallest absolute Gasteiger partial charge is 0.337 e. The Morgan fingerprint density at radius 2 is 2.19 bits per heavy atom. The average molecular weight is 225 g/mol. The molecule has 0 aromatic carbocycles. The van der Waals surface area contributed by atoms with E-state index in [0.29, 0.717) is 12.2 Å². The van der Waals surface area contributed by atoms with Crippen molar-refractivity contribution in [2.75, 3.05) is 13.7 Å². The molecular weight excluding hydrogens is 206 g/mol. The number of aryl methyl sites for hydroxylation is 1. The summed E-state index contributed by atoms with van der Waals surface area (Å²) in [5.41, 5.74) is 2.15. The maximum absolute atomic E-state index is 11.0. The van der Waals surface area contributed by atoms with Crippen molar-refractivity contribution in [1.82, 2.24) is 4.57 Å². The monoisotopic (exact) mass is 225 g/mol. The standard InChI is InChI=1S/C12H19NO3/c1-5-10(7-16-4)13-8(2)6-11(9(13)3)12(14)15/h6,10H,5,7H2,1-4H3,(H,14,15). The van der Waals surface area contributed by atoms with Crippen LogP contribution in [0.2, 0.25) is 0 Å². The van der Waals surface area contributed by atoms with E-state index in [-0.39, 0.29) is 6.04 Å². The van der Waals surface area contributed by atoms with Crippen LogP contribution < -0.4 is 0 Å². The van der Waals surface area contributed by atoms with Crippen LogP contribution in [0.25, 0.3) is 0 Å². The van der Waals surface area contributed by atoms with Gasteiger partial charge in [0.15, 0.2) is 0 Å². The zero-order chi connectivity index (χ0) is 12.3. The number of nitrogens with zero attached hydrogens (tertiary/aromatic N) is 1. The molecule has 0 amide bonds. The van der Waals surface area contributed by atoms with Crippen molar-refractivity contribution in [2.24, 2.45) is 0 Å². The third-order valence-corrected chi connectivity index (χ3v) is 2.91. The first-order valence-corrected chi connectivity index (χ1v) is 5.43. The van der Waals surface area contributed by atoms with E-state index in [9.17, 15) is 4.79 Å². The summed E-state index contributed by atoms with van der Waals surface area (Å²) in [6.45, 7) is 6.45. The molecule has 0 saturated carbocycles. The minimum Gasteiger partial charge on any atom is -0.478 e. The fourth-order valence-corrected chi connectivity index (χ4v) is 2.12. The fourth-order valence-electron chi connectivity index (χ4n) is 2.12. The first kappa shape index (κ1) is 12.8. The van der Waals surface area contributed by atoms with Crippen molar-refractivity contribution < 1.29 is 14.6 Å². The minimum absolute atomic E-state index is 0.207. The molecule has 1 rings (SSSR count). The van der Waals surface area contributed by atoms with Crippen LogP contribution in [0.15, 0.2) is 6.07 Å². The number of aromatic nitrogens is 1. The van der Waals surface area contributed by atoms with Crippen molar-refractivity contribution in [3.63, 3.8) is 0 Å². The van der Waals surface area contributed by atoms with Crippen molar-refractivity contribution in [2.45, 2.75) is 33.2 Å². The van der Waals surface area contributed by atoms with Crippen LogP contribution in [-0.2, 0) is 4.74 Å². The Hall–Kier alpha value is -1.29. The van der Waals surface area contributed by atoms with Gasteiger partial charge in [0.25, 0.3) is 0 Å². The van der Waals surface area contributed by atoms with E-state index in [1.807, 2.05) is 18.4 Å². The number of carboxylic acids is 1. The van der Waals surface area contributed by atoms with Crippen LogP contribution >= 0.6 is 0 Å². The van der Waals surface area contributed by atoms with Gasteiger partial charge in [-0.25, -0.2) is 4.79 Å². The van der Waals surface area contributed by atoms with Gasteiger partial charge in [0.2, 0.25) is 0 Å². The Morgan fingerprint density at radius 1 is 1.56 bits per heavy atom. The first-order chi connectivity index (χ1) is 7.52. The van der Waals surface area contributed by atoms with Crippen LogP contribution in [0.4, 0.5) is 0 Å². The van der Waals surface area contributed by atoms with E-state index >= 15 is 0 Å². The van der Waals surface area contributed by atoms with Crippen molar-refractivity contribution in [1.29, 1.82) is 0 Å². The summed E-state index contributed by atoms with van der Waals surface area (Å²) in [4.78, 5) is 11.0. The van der Waals surface area contributed by atoms with Gasteiger partial charge >= 0.3 is 5.97 Å². The van der Waals surface area contributed by atoms with Crippen molar-refractivity contribution in [3.05, 3.63) is 23.0 Å². The largest absolute Gasteiger partial charge is 0.478 e. The molecule has 1 aromatic heterocycles. The summed E-state index contributed by atoms with van der Waals surface area (Å²) in [6, 6.07) is 1.92. The van der Waals surface area contributed by atoms with E-state index < -0.39 is 5.97 Å². The van der Waals surface area contributed by atoms with Crippen molar-refractivity contribution >= 4 is 5.97 Å². The van der Waals surface area contributed by atoms with Gasteiger partial charge < -0.3 is 14.4 Å². The molecule has 1 heterocycles. The molecule has 4 nitrogen and oxygen atoms in total. The van der Waals surface area contributed by atoms with E-state index in [0.717, 1.165) is 17.8 Å². The lowest BCUT2D eigenvalue weighted by Gasteiger charge is -2.20. The summed E-state index contributed by atoms with van der Waals surface area (Å²) in [5.74, 6) is -0.869. The molecule has 0 radical (unpaired) electrons. The lowest BCUT2D eigenvalue weighted by atomic mass is 10.2. The second-order valence-corrected chi connectivity index (χ2v) is 3.98. The number of carbonyl (C=O) groups is 1. The third kappa shape index (κ3) is 2.27. The second kappa shape index (κ2) is 5.16. The van der Waals surface area contributed by atoms with Gasteiger partial charge in [-0.15, -0.1) is 0 Å². The Balaban J connectivity index is 3.16. The van der Waals surface area contributed by atoms with Crippen LogP contribution in [0.1, 0.15) is 41.1 Å². The molecule has 0 aliphatic rings. The molecule has 1 aromatic rings. The van der Waals surface area contributed by atoms with Gasteiger partial charge in [0.1, 0.15) is 0 Å². The summed E-state index contributed by atoms with van der Waals surface area (Å²) in [5, 5.41) is 9.04. The molecule has 0 aliphatic heterocycles. The molecule has 4 heteroatoms. The molecule has 0 bridgehead atoms. The highest BCUT2D eigenvalue weighted by Gasteiger charge is 2.19. The van der Waals surface area contributed by atoms with Gasteiger partial charge in [0.05, 0.1) is 18.2 Å². The molecule has 16 heavy (non-hydrogen) atoms. The molecule has 0 saturated heterocycles. The quantitative estimate of drug-likeness (QED) is 0.837. The zero-order valence-corrected chi connectivity index (χ0v) is 10.3. The predicted molar refractivity (Wildman–Crippen MR) is 62.1 cm³/mol. The van der Waals surface area contributed by atoms with Crippen LogP contribution in [-0.4, -0.2) is 29.4 Å². The number of aromatic carboxylic acids is 1.